The number of nitrogens with zero attached hydrogens (tertiary/aromatic N) is 2. The van der Waals surface area contributed by atoms with Crippen LogP contribution in [0.2, 0.25) is 0 Å². The van der Waals surface area contributed by atoms with Crippen molar-refractivity contribution in [1.29, 1.82) is 0 Å². The molecule has 110 valence electrons. The molecule has 0 radical (unpaired) electrons. The van der Waals surface area contributed by atoms with Gasteiger partial charge in [-0.3, -0.25) is 4.79 Å². The van der Waals surface area contributed by atoms with Gasteiger partial charge in [-0.1, -0.05) is 6.92 Å². The van der Waals surface area contributed by atoms with Crippen LogP contribution >= 0.6 is 15.9 Å². The molecular weight excluding hydrogens is 332 g/mol. The second kappa shape index (κ2) is 7.17. The van der Waals surface area contributed by atoms with E-state index in [1.165, 1.54) is 0 Å². The van der Waals surface area contributed by atoms with Gasteiger partial charge in [-0.25, -0.2) is 9.97 Å². The number of aryl methyl sites for hydroxylation is 1. The Morgan fingerprint density at radius 1 is 1.29 bits per heavy atom. The Morgan fingerprint density at radius 3 is 2.76 bits per heavy atom. The molecule has 0 aliphatic carbocycles. The number of aromatic nitrogens is 2. The lowest BCUT2D eigenvalue weighted by Gasteiger charge is -2.09. The van der Waals surface area contributed by atoms with E-state index in [4.69, 9.17) is 0 Å². The van der Waals surface area contributed by atoms with Crippen molar-refractivity contribution in [2.45, 2.75) is 20.3 Å². The van der Waals surface area contributed by atoms with Crippen LogP contribution in [0.5, 0.6) is 0 Å². The fraction of sp³-hybridized carbons (Fsp3) is 0.267. The summed E-state index contributed by atoms with van der Waals surface area (Å²) in [7, 11) is 0. The highest BCUT2D eigenvalue weighted by Gasteiger charge is 2.09. The highest BCUT2D eigenvalue weighted by Crippen LogP contribution is 2.14. The van der Waals surface area contributed by atoms with Gasteiger partial charge in [0.15, 0.2) is 0 Å². The standard InChI is InChI=1S/C15H17BrN4O/c1-3-6-17-14-8-11(7-10(2)19-14)15(21)20-13-5-4-12(16)9-18-13/h4-5,7-9H,3,6H2,1-2H3,(H,17,19)(H,18,20,21). The van der Waals surface area contributed by atoms with Crippen LogP contribution in [-0.4, -0.2) is 22.4 Å². The van der Waals surface area contributed by atoms with Crippen LogP contribution in [0.4, 0.5) is 11.6 Å². The Kier molecular flexibility index (Phi) is 5.27. The molecule has 0 atom stereocenters. The maximum absolute atomic E-state index is 12.3. The molecule has 2 rings (SSSR count). The first-order valence-corrected chi connectivity index (χ1v) is 7.53. The fourth-order valence-corrected chi connectivity index (χ4v) is 2.02. The van der Waals surface area contributed by atoms with Crippen molar-refractivity contribution in [1.82, 2.24) is 9.97 Å². The third-order valence-corrected chi connectivity index (χ3v) is 3.21. The van der Waals surface area contributed by atoms with Crippen LogP contribution in [0.15, 0.2) is 34.9 Å². The van der Waals surface area contributed by atoms with Gasteiger partial charge in [0.05, 0.1) is 0 Å². The minimum absolute atomic E-state index is 0.199. The molecule has 0 aliphatic rings. The number of amides is 1. The van der Waals surface area contributed by atoms with Crippen LogP contribution < -0.4 is 10.6 Å². The highest BCUT2D eigenvalue weighted by molar-refractivity contribution is 9.10. The zero-order valence-electron chi connectivity index (χ0n) is 12.0. The van der Waals surface area contributed by atoms with Crippen LogP contribution in [0.1, 0.15) is 29.4 Å². The third-order valence-electron chi connectivity index (χ3n) is 2.74. The monoisotopic (exact) mass is 348 g/mol. The molecule has 2 aromatic rings. The Balaban J connectivity index is 2.14. The average Bonchev–Trinajstić information content (AvgIpc) is 2.47. The van der Waals surface area contributed by atoms with E-state index in [2.05, 4.69) is 43.5 Å². The molecule has 0 fully saturated rings. The zero-order chi connectivity index (χ0) is 15.2. The van der Waals surface area contributed by atoms with Crippen LogP contribution in [0, 0.1) is 6.92 Å². The molecule has 0 aromatic carbocycles. The van der Waals surface area contributed by atoms with E-state index in [1.54, 1.807) is 24.4 Å². The Bertz CT molecular complexity index is 628. The second-order valence-corrected chi connectivity index (χ2v) is 5.54. The van der Waals surface area contributed by atoms with Crippen molar-refractivity contribution in [3.8, 4) is 0 Å². The van der Waals surface area contributed by atoms with Crippen molar-refractivity contribution in [2.24, 2.45) is 0 Å². The predicted octanol–water partition coefficient (Wildman–Crippen LogP) is 3.62. The van der Waals surface area contributed by atoms with Crippen molar-refractivity contribution in [2.75, 3.05) is 17.2 Å². The van der Waals surface area contributed by atoms with E-state index >= 15 is 0 Å². The van der Waals surface area contributed by atoms with Crippen LogP contribution in [-0.2, 0) is 0 Å². The number of hydrogen-bond donors (Lipinski definition) is 2. The van der Waals surface area contributed by atoms with Gasteiger partial charge < -0.3 is 10.6 Å². The molecule has 0 spiro atoms. The van der Waals surface area contributed by atoms with Gasteiger partial charge in [0, 0.05) is 28.5 Å². The van der Waals surface area contributed by atoms with E-state index in [-0.39, 0.29) is 5.91 Å². The summed E-state index contributed by atoms with van der Waals surface area (Å²) in [6.45, 7) is 4.77. The quantitative estimate of drug-likeness (QED) is 0.865. The maximum Gasteiger partial charge on any atom is 0.257 e. The molecule has 0 bridgehead atoms. The summed E-state index contributed by atoms with van der Waals surface area (Å²) in [5.41, 5.74) is 1.36. The van der Waals surface area contributed by atoms with Gasteiger partial charge in [0.2, 0.25) is 0 Å². The van der Waals surface area contributed by atoms with Crippen molar-refractivity contribution >= 4 is 33.5 Å². The SMILES string of the molecule is CCCNc1cc(C(=O)Nc2ccc(Br)cn2)cc(C)n1. The minimum Gasteiger partial charge on any atom is -0.370 e. The lowest BCUT2D eigenvalue weighted by molar-refractivity contribution is 0.102. The summed E-state index contributed by atoms with van der Waals surface area (Å²) in [4.78, 5) is 20.7. The average molecular weight is 349 g/mol. The number of carbonyl (C=O) groups excluding carboxylic acids is 1. The number of nitrogens with one attached hydrogen (secondary N) is 2. The molecule has 2 N–H and O–H groups in total. The van der Waals surface area contributed by atoms with Crippen LogP contribution in [0.25, 0.3) is 0 Å². The van der Waals surface area contributed by atoms with Gasteiger partial charge in [0.25, 0.3) is 5.91 Å². The molecule has 0 unspecified atom stereocenters. The Labute approximate surface area is 132 Å². The zero-order valence-corrected chi connectivity index (χ0v) is 13.6. The molecule has 2 aromatic heterocycles. The van der Waals surface area contributed by atoms with Gasteiger partial charge in [-0.2, -0.15) is 0 Å². The van der Waals surface area contributed by atoms with Crippen LogP contribution in [0.3, 0.4) is 0 Å². The van der Waals surface area contributed by atoms with Crippen molar-refractivity contribution < 1.29 is 4.79 Å². The van der Waals surface area contributed by atoms with Gasteiger partial charge in [0.1, 0.15) is 11.6 Å². The lowest BCUT2D eigenvalue weighted by Crippen LogP contribution is -2.14. The first-order chi connectivity index (χ1) is 10.1. The minimum atomic E-state index is -0.199. The summed E-state index contributed by atoms with van der Waals surface area (Å²) >= 11 is 3.31. The molecule has 0 saturated heterocycles. The number of halogens is 1. The summed E-state index contributed by atoms with van der Waals surface area (Å²) < 4.78 is 0.867. The number of rotatable bonds is 5. The van der Waals surface area contributed by atoms with Gasteiger partial charge in [-0.15, -0.1) is 0 Å². The molecular formula is C15H17BrN4O. The first-order valence-electron chi connectivity index (χ1n) is 6.74. The third kappa shape index (κ3) is 4.53. The summed E-state index contributed by atoms with van der Waals surface area (Å²) in [5.74, 6) is 1.03. The van der Waals surface area contributed by atoms with E-state index in [0.29, 0.717) is 17.2 Å². The topological polar surface area (TPSA) is 66.9 Å². The maximum atomic E-state index is 12.3. The summed E-state index contributed by atoms with van der Waals surface area (Å²) in [5, 5.41) is 5.96. The van der Waals surface area contributed by atoms with E-state index in [0.717, 1.165) is 23.1 Å². The van der Waals surface area contributed by atoms with Crippen molar-refractivity contribution in [3.05, 3.63) is 46.2 Å². The molecule has 0 aliphatic heterocycles. The normalized spacial score (nSPS) is 10.2. The number of pyridine rings is 2. The van der Waals surface area contributed by atoms with Gasteiger partial charge in [-0.05, 0) is 53.5 Å². The van der Waals surface area contributed by atoms with Gasteiger partial charge >= 0.3 is 0 Å². The fourth-order valence-electron chi connectivity index (χ4n) is 1.78. The number of carbonyl (C=O) groups is 1. The van der Waals surface area contributed by atoms with E-state index in [1.807, 2.05) is 13.0 Å². The highest BCUT2D eigenvalue weighted by atomic mass is 79.9. The predicted molar refractivity (Wildman–Crippen MR) is 87.6 cm³/mol. The summed E-state index contributed by atoms with van der Waals surface area (Å²) in [6.07, 6.45) is 2.64. The molecule has 6 heteroatoms. The largest absolute Gasteiger partial charge is 0.370 e. The molecule has 5 nitrogen and oxygen atoms in total. The Hall–Kier alpha value is -1.95. The lowest BCUT2D eigenvalue weighted by atomic mass is 10.2. The number of anilines is 2. The van der Waals surface area contributed by atoms with E-state index < -0.39 is 0 Å². The molecule has 1 amide bonds. The van der Waals surface area contributed by atoms with Crippen molar-refractivity contribution in [3.63, 3.8) is 0 Å². The number of hydrogen-bond acceptors (Lipinski definition) is 4. The second-order valence-electron chi connectivity index (χ2n) is 4.63. The first kappa shape index (κ1) is 15.4. The Morgan fingerprint density at radius 2 is 2.10 bits per heavy atom. The summed E-state index contributed by atoms with van der Waals surface area (Å²) in [6, 6.07) is 7.07. The smallest absolute Gasteiger partial charge is 0.257 e. The molecule has 2 heterocycles. The van der Waals surface area contributed by atoms with E-state index in [9.17, 15) is 4.79 Å². The molecule has 21 heavy (non-hydrogen) atoms. The molecule has 0 saturated carbocycles.